The smallest absolute Gasteiger partial charge is 0.221 e. The molecule has 0 aliphatic carbocycles. The average Bonchev–Trinajstić information content (AvgIpc) is 2.74. The zero-order valence-corrected chi connectivity index (χ0v) is 14.6. The summed E-state index contributed by atoms with van der Waals surface area (Å²) < 4.78 is 31.2. The molecule has 23 heavy (non-hydrogen) atoms. The molecule has 0 bridgehead atoms. The van der Waals surface area contributed by atoms with E-state index in [4.69, 9.17) is 4.74 Å². The van der Waals surface area contributed by atoms with E-state index in [-0.39, 0.29) is 23.2 Å². The molecule has 2 unspecified atom stereocenters. The number of benzene rings is 1. The Labute approximate surface area is 139 Å². The van der Waals surface area contributed by atoms with Crippen LogP contribution in [0, 0.1) is 0 Å². The number of ketones is 1. The second-order valence-electron chi connectivity index (χ2n) is 6.16. The topological polar surface area (TPSA) is 60.4 Å². The molecular weight excluding hydrogens is 312 g/mol. The fraction of sp³-hybridized carbons (Fsp3) is 0.611. The van der Waals surface area contributed by atoms with Crippen LogP contribution in [-0.4, -0.2) is 25.7 Å². The number of carbonyl (C=O) groups is 1. The fourth-order valence-corrected chi connectivity index (χ4v) is 4.48. The van der Waals surface area contributed by atoms with Crippen molar-refractivity contribution in [3.05, 3.63) is 30.3 Å². The molecule has 0 spiro atoms. The second-order valence-corrected chi connectivity index (χ2v) is 8.15. The summed E-state index contributed by atoms with van der Waals surface area (Å²) in [6.45, 7) is 2.16. The van der Waals surface area contributed by atoms with Crippen molar-refractivity contribution >= 4 is 15.6 Å². The van der Waals surface area contributed by atoms with Crippen molar-refractivity contribution in [1.29, 1.82) is 0 Å². The first-order chi connectivity index (χ1) is 11.1. The highest BCUT2D eigenvalue weighted by atomic mass is 32.2. The summed E-state index contributed by atoms with van der Waals surface area (Å²) in [5.74, 6) is -0.315. The highest BCUT2D eigenvalue weighted by Gasteiger charge is 2.38. The Balaban J connectivity index is 2.10. The van der Waals surface area contributed by atoms with Crippen LogP contribution in [0.1, 0.15) is 58.3 Å². The van der Waals surface area contributed by atoms with Crippen LogP contribution in [-0.2, 0) is 19.4 Å². The van der Waals surface area contributed by atoms with Crippen LogP contribution in [0.25, 0.3) is 0 Å². The van der Waals surface area contributed by atoms with Crippen molar-refractivity contribution < 1.29 is 17.9 Å². The number of Topliss-reactive ketones (excluding diaryl/α,β-unsaturated/α-hetero) is 1. The largest absolute Gasteiger partial charge is 0.351 e. The van der Waals surface area contributed by atoms with Gasteiger partial charge in [-0.3, -0.25) is 4.79 Å². The number of carbonyl (C=O) groups excluding carboxylic acids is 1. The third-order valence-corrected chi connectivity index (χ3v) is 6.13. The first kappa shape index (κ1) is 18.1. The van der Waals surface area contributed by atoms with Gasteiger partial charge in [0.2, 0.25) is 15.3 Å². The number of sulfone groups is 1. The average molecular weight is 338 g/mol. The van der Waals surface area contributed by atoms with E-state index >= 15 is 0 Å². The zero-order valence-electron chi connectivity index (χ0n) is 13.7. The lowest BCUT2D eigenvalue weighted by Gasteiger charge is -2.21. The van der Waals surface area contributed by atoms with Gasteiger partial charge in [-0.15, -0.1) is 0 Å². The van der Waals surface area contributed by atoms with Gasteiger partial charge in [-0.2, -0.15) is 0 Å². The molecule has 0 N–H and O–H groups in total. The van der Waals surface area contributed by atoms with Crippen LogP contribution in [0.5, 0.6) is 0 Å². The monoisotopic (exact) mass is 338 g/mol. The fourth-order valence-electron chi connectivity index (χ4n) is 2.93. The number of ether oxygens (including phenoxy) is 1. The van der Waals surface area contributed by atoms with Gasteiger partial charge in [-0.1, -0.05) is 50.8 Å². The minimum absolute atomic E-state index is 0.137. The van der Waals surface area contributed by atoms with Gasteiger partial charge < -0.3 is 4.74 Å². The van der Waals surface area contributed by atoms with Crippen LogP contribution in [0.3, 0.4) is 0 Å². The van der Waals surface area contributed by atoms with Crippen molar-refractivity contribution in [3.63, 3.8) is 0 Å². The molecule has 1 aromatic carbocycles. The Morgan fingerprint density at radius 3 is 2.57 bits per heavy atom. The quantitative estimate of drug-likeness (QED) is 0.708. The van der Waals surface area contributed by atoms with Crippen molar-refractivity contribution in [2.45, 2.75) is 74.7 Å². The van der Waals surface area contributed by atoms with E-state index in [1.807, 2.05) is 0 Å². The molecule has 1 aliphatic rings. The Kier molecular flexibility index (Phi) is 6.78. The van der Waals surface area contributed by atoms with E-state index in [0.29, 0.717) is 6.42 Å². The summed E-state index contributed by atoms with van der Waals surface area (Å²) >= 11 is 0. The second kappa shape index (κ2) is 8.60. The third kappa shape index (κ3) is 4.88. The first-order valence-electron chi connectivity index (χ1n) is 8.53. The van der Waals surface area contributed by atoms with Crippen LogP contribution >= 0.6 is 0 Å². The molecule has 2 rings (SSSR count). The van der Waals surface area contributed by atoms with Crippen LogP contribution < -0.4 is 0 Å². The minimum Gasteiger partial charge on any atom is -0.351 e. The summed E-state index contributed by atoms with van der Waals surface area (Å²) in [6.07, 6.45) is 6.92. The molecule has 1 saturated heterocycles. The van der Waals surface area contributed by atoms with Crippen LogP contribution in [0.4, 0.5) is 0 Å². The van der Waals surface area contributed by atoms with Crippen molar-refractivity contribution in [2.24, 2.45) is 0 Å². The molecule has 0 aromatic heterocycles. The molecule has 1 heterocycles. The lowest BCUT2D eigenvalue weighted by molar-refractivity contribution is -0.126. The van der Waals surface area contributed by atoms with Gasteiger partial charge in [-0.05, 0) is 31.4 Å². The lowest BCUT2D eigenvalue weighted by Crippen LogP contribution is -2.34. The number of rotatable bonds is 7. The highest BCUT2D eigenvalue weighted by Crippen LogP contribution is 2.27. The van der Waals surface area contributed by atoms with Gasteiger partial charge in [0.05, 0.1) is 11.0 Å². The Bertz CT molecular complexity index is 595. The van der Waals surface area contributed by atoms with E-state index < -0.39 is 15.3 Å². The number of hydrogen-bond donors (Lipinski definition) is 0. The predicted molar refractivity (Wildman–Crippen MR) is 89.9 cm³/mol. The third-order valence-electron chi connectivity index (χ3n) is 4.26. The maximum Gasteiger partial charge on any atom is 0.221 e. The van der Waals surface area contributed by atoms with Crippen LogP contribution in [0.15, 0.2) is 35.2 Å². The molecular formula is C18H26O4S. The van der Waals surface area contributed by atoms with Gasteiger partial charge in [0.25, 0.3) is 0 Å². The Morgan fingerprint density at radius 2 is 1.87 bits per heavy atom. The summed E-state index contributed by atoms with van der Waals surface area (Å²) in [6, 6.07) is 8.12. The summed E-state index contributed by atoms with van der Waals surface area (Å²) in [4.78, 5) is 12.4. The van der Waals surface area contributed by atoms with Crippen molar-refractivity contribution in [2.75, 3.05) is 0 Å². The predicted octanol–water partition coefficient (Wildman–Crippen LogP) is 3.90. The molecule has 1 aliphatic heterocycles. The maximum absolute atomic E-state index is 12.7. The minimum atomic E-state index is -3.77. The van der Waals surface area contributed by atoms with Gasteiger partial charge in [0.15, 0.2) is 5.78 Å². The molecule has 0 saturated carbocycles. The Hall–Kier alpha value is -1.20. The molecule has 0 amide bonds. The van der Waals surface area contributed by atoms with E-state index in [1.165, 1.54) is 18.6 Å². The molecule has 0 radical (unpaired) electrons. The molecule has 5 heteroatoms. The van der Waals surface area contributed by atoms with Crippen LogP contribution in [0.2, 0.25) is 0 Å². The SMILES string of the molecule is CCCCCCC1CCCC(=O)C(S(=O)(=O)c2ccccc2)O1. The molecule has 1 fully saturated rings. The highest BCUT2D eigenvalue weighted by molar-refractivity contribution is 7.92. The van der Waals surface area contributed by atoms with Gasteiger partial charge in [0, 0.05) is 6.42 Å². The van der Waals surface area contributed by atoms with Gasteiger partial charge >= 0.3 is 0 Å². The lowest BCUT2D eigenvalue weighted by atomic mass is 10.0. The maximum atomic E-state index is 12.7. The number of hydrogen-bond acceptors (Lipinski definition) is 4. The van der Waals surface area contributed by atoms with Gasteiger partial charge in [0.1, 0.15) is 0 Å². The van der Waals surface area contributed by atoms with E-state index in [9.17, 15) is 13.2 Å². The molecule has 1 aromatic rings. The van der Waals surface area contributed by atoms with E-state index in [2.05, 4.69) is 6.92 Å². The number of unbranched alkanes of at least 4 members (excludes halogenated alkanes) is 3. The normalized spacial score (nSPS) is 22.7. The zero-order chi connectivity index (χ0) is 16.7. The molecule has 128 valence electrons. The Morgan fingerprint density at radius 1 is 1.13 bits per heavy atom. The summed E-state index contributed by atoms with van der Waals surface area (Å²) in [5.41, 5.74) is -1.34. The first-order valence-corrected chi connectivity index (χ1v) is 10.1. The molecule has 4 nitrogen and oxygen atoms in total. The van der Waals surface area contributed by atoms with Crippen molar-refractivity contribution in [1.82, 2.24) is 0 Å². The summed E-state index contributed by atoms with van der Waals surface area (Å²) in [7, 11) is -3.77. The molecule has 2 atom stereocenters. The summed E-state index contributed by atoms with van der Waals surface area (Å²) in [5, 5.41) is 0. The van der Waals surface area contributed by atoms with E-state index in [0.717, 1.165) is 32.1 Å². The van der Waals surface area contributed by atoms with Gasteiger partial charge in [-0.25, -0.2) is 8.42 Å². The van der Waals surface area contributed by atoms with E-state index in [1.54, 1.807) is 18.2 Å². The standard InChI is InChI=1S/C18H26O4S/c1-2-3-4-6-10-15-11-9-14-17(19)18(22-15)23(20,21)16-12-7-5-8-13-16/h5,7-8,12-13,15,18H,2-4,6,9-11,14H2,1H3. The van der Waals surface area contributed by atoms with Crippen molar-refractivity contribution in [3.8, 4) is 0 Å².